The van der Waals surface area contributed by atoms with E-state index >= 15 is 0 Å². The van der Waals surface area contributed by atoms with Gasteiger partial charge >= 0.3 is 29.1 Å². The van der Waals surface area contributed by atoms with Crippen molar-refractivity contribution in [3.63, 3.8) is 0 Å². The van der Waals surface area contributed by atoms with Gasteiger partial charge in [-0.25, -0.2) is 0 Å². The van der Waals surface area contributed by atoms with Crippen LogP contribution in [0.3, 0.4) is 0 Å². The fourth-order valence-electron chi connectivity index (χ4n) is 15.4. The fraction of sp³-hybridized carbons (Fsp3) is 0.980. The number of ether oxygens (including phenoxy) is 4. The zero-order valence-electron chi connectivity index (χ0n) is 78.7. The Balaban J connectivity index is 0. The second kappa shape index (κ2) is 91.2. The normalized spacial score (nSPS) is 13.1. The first-order valence-electron chi connectivity index (χ1n) is 50.5. The van der Waals surface area contributed by atoms with Gasteiger partial charge in [-0.1, -0.05) is 338 Å². The minimum absolute atomic E-state index is 0.0614. The molecule has 114 heavy (non-hydrogen) atoms. The molecule has 0 saturated heterocycles. The van der Waals surface area contributed by atoms with Gasteiger partial charge in [0, 0.05) is 39.6 Å². The lowest BCUT2D eigenvalue weighted by Crippen LogP contribution is -2.40. The smallest absolute Gasteiger partial charge is 0.333 e. The molecule has 0 radical (unpaired) electrons. The molecule has 684 valence electrons. The Hall–Kier alpha value is -1.03. The summed E-state index contributed by atoms with van der Waals surface area (Å²) >= 11 is 0. The SMILES string of the molecule is CCCCCCCCOC(CCCCCC)O[Si](C)(C)OCCCCCCN(CCCCO)CCCCCCOC(=O)C(CCCCCC)CCCCCCCC.CCCCCCCCOC(CCCCCC)O[Si](C)(C)OCCCCCCN(CCCCO)CCCCCCOC(=O)C(CCCCCC)CCCCCCCC. The van der Waals surface area contributed by atoms with Crippen molar-refractivity contribution in [1.82, 2.24) is 9.80 Å². The van der Waals surface area contributed by atoms with Crippen LogP contribution in [-0.4, -0.2) is 154 Å². The van der Waals surface area contributed by atoms with Crippen molar-refractivity contribution in [2.24, 2.45) is 11.8 Å². The molecule has 2 N–H and O–H groups in total. The number of aliphatic hydroxyl groups excluding tert-OH is 2. The summed E-state index contributed by atoms with van der Waals surface area (Å²) in [5, 5.41) is 18.7. The van der Waals surface area contributed by atoms with Crippen LogP contribution >= 0.6 is 0 Å². The van der Waals surface area contributed by atoms with Crippen molar-refractivity contribution in [1.29, 1.82) is 0 Å². The van der Waals surface area contributed by atoms with Crippen LogP contribution in [0.15, 0.2) is 0 Å². The van der Waals surface area contributed by atoms with Gasteiger partial charge in [0.15, 0.2) is 0 Å². The standard InChI is InChI=1S/2C49H101NO6Si/c2*1-7-11-15-19-21-28-38-47(37-27-17-13-9-3)49(52)54-45-35-25-22-30-40-50(42-32-33-43-51)41-31-23-26-36-46-55-57(5,6)56-48(39-29-18-14-10-4)53-44-34-24-20-16-12-8-2/h2*47-48,51H,7-46H2,1-6H3. The molecule has 0 aliphatic rings. The minimum atomic E-state index is -2.26. The second-order valence-electron chi connectivity index (χ2n) is 35.3. The van der Waals surface area contributed by atoms with E-state index in [1.165, 1.54) is 270 Å². The Bertz CT molecular complexity index is 1760. The number of carbonyl (C=O) groups is 2. The molecule has 0 bridgehead atoms. The number of hydrogen-bond acceptors (Lipinski definition) is 14. The summed E-state index contributed by atoms with van der Waals surface area (Å²) in [5.74, 6) is 0.313. The number of carbonyl (C=O) groups excluding carboxylic acids is 2. The summed E-state index contributed by atoms with van der Waals surface area (Å²) in [7, 11) is -4.52. The molecule has 0 spiro atoms. The lowest BCUT2D eigenvalue weighted by atomic mass is 9.94. The Kier molecular flexibility index (Phi) is 92.0. The molecule has 0 aliphatic carbocycles. The highest BCUT2D eigenvalue weighted by molar-refractivity contribution is 6.64. The lowest BCUT2D eigenvalue weighted by Gasteiger charge is -2.29. The summed E-state index contributed by atoms with van der Waals surface area (Å²) in [6.45, 7) is 38.2. The summed E-state index contributed by atoms with van der Waals surface area (Å²) in [6, 6.07) is 0. The number of nitrogens with zero attached hydrogens (tertiary/aromatic N) is 2. The van der Waals surface area contributed by atoms with E-state index in [4.69, 9.17) is 36.7 Å². The third-order valence-corrected chi connectivity index (χ3v) is 26.4. The zero-order chi connectivity index (χ0) is 83.8. The third-order valence-electron chi connectivity index (χ3n) is 22.9. The molecule has 0 heterocycles. The van der Waals surface area contributed by atoms with E-state index in [-0.39, 0.29) is 49.6 Å². The Labute approximate surface area is 713 Å². The lowest BCUT2D eigenvalue weighted by molar-refractivity contribution is -0.150. The van der Waals surface area contributed by atoms with Crippen LogP contribution < -0.4 is 0 Å². The van der Waals surface area contributed by atoms with Gasteiger partial charge in [-0.15, -0.1) is 0 Å². The van der Waals surface area contributed by atoms with Gasteiger partial charge in [0.25, 0.3) is 0 Å². The average Bonchev–Trinajstić information content (AvgIpc) is 0.917. The van der Waals surface area contributed by atoms with Gasteiger partial charge in [-0.3, -0.25) is 9.59 Å². The first-order valence-corrected chi connectivity index (χ1v) is 56.2. The van der Waals surface area contributed by atoms with Crippen molar-refractivity contribution in [2.75, 3.05) is 92.1 Å². The van der Waals surface area contributed by atoms with E-state index in [0.717, 1.165) is 220 Å². The van der Waals surface area contributed by atoms with Crippen LogP contribution in [0.25, 0.3) is 0 Å². The van der Waals surface area contributed by atoms with E-state index in [1.54, 1.807) is 0 Å². The molecule has 4 unspecified atom stereocenters. The first kappa shape index (κ1) is 115. The minimum Gasteiger partial charge on any atom is -0.465 e. The molecule has 0 fully saturated rings. The number of unbranched alkanes of at least 4 members (excludes halogenated alkanes) is 46. The number of rotatable bonds is 94. The van der Waals surface area contributed by atoms with Crippen molar-refractivity contribution < 1.29 is 56.5 Å². The van der Waals surface area contributed by atoms with Gasteiger partial charge in [-0.2, -0.15) is 0 Å². The average molecular weight is 1660 g/mol. The molecule has 0 aromatic rings. The Morgan fingerprint density at radius 2 is 0.447 bits per heavy atom. The van der Waals surface area contributed by atoms with E-state index in [9.17, 15) is 19.8 Å². The highest BCUT2D eigenvalue weighted by atomic mass is 28.4. The van der Waals surface area contributed by atoms with Gasteiger partial charge in [0.05, 0.1) is 25.0 Å². The second-order valence-corrected chi connectivity index (χ2v) is 42.0. The number of aliphatic hydroxyl groups is 2. The van der Waals surface area contributed by atoms with Gasteiger partial charge in [0.2, 0.25) is 0 Å². The van der Waals surface area contributed by atoms with E-state index in [1.807, 2.05) is 0 Å². The molecule has 14 nitrogen and oxygen atoms in total. The Morgan fingerprint density at radius 3 is 0.711 bits per heavy atom. The molecular weight excluding hydrogens is 1450 g/mol. The quantitative estimate of drug-likeness (QED) is 0.0257. The maximum atomic E-state index is 13.0. The van der Waals surface area contributed by atoms with Crippen LogP contribution in [0.2, 0.25) is 26.2 Å². The molecule has 16 heteroatoms. The molecule has 0 rings (SSSR count). The molecule has 0 amide bonds. The Morgan fingerprint density at radius 1 is 0.246 bits per heavy atom. The number of hydrogen-bond donors (Lipinski definition) is 2. The third kappa shape index (κ3) is 83.2. The highest BCUT2D eigenvalue weighted by Crippen LogP contribution is 2.26. The molecule has 0 aromatic heterocycles. The number of esters is 2. The first-order chi connectivity index (χ1) is 55.7. The van der Waals surface area contributed by atoms with Crippen molar-refractivity contribution >= 4 is 29.1 Å². The van der Waals surface area contributed by atoms with E-state index in [2.05, 4.69) is 91.4 Å². The fourth-order valence-corrected chi connectivity index (χ4v) is 18.5. The van der Waals surface area contributed by atoms with Crippen LogP contribution in [0.5, 0.6) is 0 Å². The van der Waals surface area contributed by atoms with Gasteiger partial charge < -0.3 is 56.7 Å². The molecule has 4 atom stereocenters. The van der Waals surface area contributed by atoms with E-state index in [0.29, 0.717) is 13.2 Å². The topological polar surface area (TPSA) is 155 Å². The zero-order valence-corrected chi connectivity index (χ0v) is 80.7. The van der Waals surface area contributed by atoms with Crippen LogP contribution in [0.4, 0.5) is 0 Å². The largest absolute Gasteiger partial charge is 0.465 e. The molecule has 0 aliphatic heterocycles. The predicted octanol–water partition coefficient (Wildman–Crippen LogP) is 28.9. The summed E-state index contributed by atoms with van der Waals surface area (Å²) in [6.07, 6.45) is 78.0. The van der Waals surface area contributed by atoms with Crippen LogP contribution in [-0.2, 0) is 46.2 Å². The molecule has 0 aromatic carbocycles. The molecule has 0 saturated carbocycles. The van der Waals surface area contributed by atoms with Crippen LogP contribution in [0, 0.1) is 11.8 Å². The molecular formula is C98H202N2O12Si2. The summed E-state index contributed by atoms with van der Waals surface area (Å²) in [5.41, 5.74) is 0. The maximum absolute atomic E-state index is 13.0. The van der Waals surface area contributed by atoms with Crippen molar-refractivity contribution in [2.45, 2.75) is 518 Å². The summed E-state index contributed by atoms with van der Waals surface area (Å²) < 4.78 is 50.1. The van der Waals surface area contributed by atoms with Crippen molar-refractivity contribution in [3.05, 3.63) is 0 Å². The van der Waals surface area contributed by atoms with E-state index < -0.39 is 17.1 Å². The van der Waals surface area contributed by atoms with Crippen molar-refractivity contribution in [3.8, 4) is 0 Å². The van der Waals surface area contributed by atoms with Gasteiger partial charge in [-0.05, 0) is 207 Å². The maximum Gasteiger partial charge on any atom is 0.333 e. The predicted molar refractivity (Wildman–Crippen MR) is 495 cm³/mol. The van der Waals surface area contributed by atoms with Gasteiger partial charge in [0.1, 0.15) is 12.6 Å². The monoisotopic (exact) mass is 1660 g/mol. The van der Waals surface area contributed by atoms with Crippen LogP contribution in [0.1, 0.15) is 479 Å². The highest BCUT2D eigenvalue weighted by Gasteiger charge is 2.31. The summed E-state index contributed by atoms with van der Waals surface area (Å²) in [4.78, 5) is 31.2.